The van der Waals surface area contributed by atoms with Gasteiger partial charge in [-0.2, -0.15) is 5.10 Å². The molecule has 2 rings (SSSR count). The Morgan fingerprint density at radius 1 is 1.43 bits per heavy atom. The zero-order valence-electron chi connectivity index (χ0n) is 12.6. The van der Waals surface area contributed by atoms with Crippen molar-refractivity contribution in [2.75, 3.05) is 11.9 Å². The van der Waals surface area contributed by atoms with E-state index in [1.54, 1.807) is 13.4 Å². The molecule has 0 amide bonds. The number of nitro groups is 1. The van der Waals surface area contributed by atoms with Crippen molar-refractivity contribution in [3.8, 4) is 0 Å². The highest BCUT2D eigenvalue weighted by atomic mass is 16.6. The normalized spacial score (nSPS) is 11.1. The Labute approximate surface area is 122 Å². The standard InChI is InChI=1S/C12H19N7O2/c1-8(2)10-11(19(20)21)12(18(4)16-10)13-6-5-9-15-14-7-17(9)3/h7-8,13H,5-6H2,1-4H3. The molecule has 0 aliphatic rings. The number of nitrogens with one attached hydrogen (secondary N) is 1. The second kappa shape index (κ2) is 5.90. The van der Waals surface area contributed by atoms with E-state index in [0.29, 0.717) is 24.5 Å². The molecule has 21 heavy (non-hydrogen) atoms. The first kappa shape index (κ1) is 14.9. The zero-order valence-corrected chi connectivity index (χ0v) is 12.6. The molecule has 0 aromatic carbocycles. The van der Waals surface area contributed by atoms with E-state index < -0.39 is 0 Å². The van der Waals surface area contributed by atoms with Crippen LogP contribution in [-0.4, -0.2) is 36.0 Å². The maximum atomic E-state index is 11.3. The van der Waals surface area contributed by atoms with Crippen molar-refractivity contribution in [1.29, 1.82) is 0 Å². The van der Waals surface area contributed by atoms with Crippen LogP contribution in [0.3, 0.4) is 0 Å². The molecule has 114 valence electrons. The monoisotopic (exact) mass is 293 g/mol. The minimum absolute atomic E-state index is 0.00843. The molecule has 0 saturated carbocycles. The van der Waals surface area contributed by atoms with Gasteiger partial charge in [0.15, 0.2) is 0 Å². The van der Waals surface area contributed by atoms with Crippen LogP contribution in [0.2, 0.25) is 0 Å². The van der Waals surface area contributed by atoms with Gasteiger partial charge in [0.1, 0.15) is 17.8 Å². The molecule has 0 bridgehead atoms. The Kier molecular flexibility index (Phi) is 4.20. The van der Waals surface area contributed by atoms with Gasteiger partial charge in [0.2, 0.25) is 5.82 Å². The number of aryl methyl sites for hydroxylation is 2. The molecule has 0 atom stereocenters. The molecule has 2 aromatic heterocycles. The van der Waals surface area contributed by atoms with Gasteiger partial charge in [-0.3, -0.25) is 10.1 Å². The summed E-state index contributed by atoms with van der Waals surface area (Å²) in [5.74, 6) is 1.23. The predicted octanol–water partition coefficient (Wildman–Crippen LogP) is 1.23. The van der Waals surface area contributed by atoms with Gasteiger partial charge in [0, 0.05) is 33.0 Å². The van der Waals surface area contributed by atoms with Gasteiger partial charge in [0.25, 0.3) is 0 Å². The number of anilines is 1. The van der Waals surface area contributed by atoms with Gasteiger partial charge in [0.05, 0.1) is 4.92 Å². The quantitative estimate of drug-likeness (QED) is 0.634. The Morgan fingerprint density at radius 3 is 2.67 bits per heavy atom. The zero-order chi connectivity index (χ0) is 15.6. The first-order chi connectivity index (χ1) is 9.91. The van der Waals surface area contributed by atoms with E-state index in [2.05, 4.69) is 20.6 Å². The van der Waals surface area contributed by atoms with Crippen LogP contribution in [0.15, 0.2) is 6.33 Å². The molecule has 0 spiro atoms. The molecule has 0 unspecified atom stereocenters. The molecule has 0 fully saturated rings. The van der Waals surface area contributed by atoms with E-state index in [1.807, 2.05) is 25.5 Å². The highest BCUT2D eigenvalue weighted by Crippen LogP contribution is 2.32. The van der Waals surface area contributed by atoms with Gasteiger partial charge in [-0.25, -0.2) is 4.68 Å². The summed E-state index contributed by atoms with van der Waals surface area (Å²) in [6.07, 6.45) is 2.24. The van der Waals surface area contributed by atoms with Gasteiger partial charge in [-0.1, -0.05) is 13.8 Å². The van der Waals surface area contributed by atoms with Crippen molar-refractivity contribution in [1.82, 2.24) is 24.5 Å². The summed E-state index contributed by atoms with van der Waals surface area (Å²) >= 11 is 0. The van der Waals surface area contributed by atoms with Crippen LogP contribution in [0.1, 0.15) is 31.3 Å². The van der Waals surface area contributed by atoms with Crippen LogP contribution in [0, 0.1) is 10.1 Å². The molecule has 2 aromatic rings. The molecular formula is C12H19N7O2. The summed E-state index contributed by atoms with van der Waals surface area (Å²) in [4.78, 5) is 10.9. The fourth-order valence-corrected chi connectivity index (χ4v) is 2.13. The lowest BCUT2D eigenvalue weighted by Crippen LogP contribution is -2.12. The summed E-state index contributed by atoms with van der Waals surface area (Å²) in [6.45, 7) is 4.29. The molecule has 0 aliphatic heterocycles. The van der Waals surface area contributed by atoms with Crippen LogP contribution >= 0.6 is 0 Å². The van der Waals surface area contributed by atoms with Crippen molar-refractivity contribution < 1.29 is 4.92 Å². The maximum absolute atomic E-state index is 11.3. The third-order valence-electron chi connectivity index (χ3n) is 3.22. The van der Waals surface area contributed by atoms with E-state index in [1.165, 1.54) is 4.68 Å². The van der Waals surface area contributed by atoms with Gasteiger partial charge in [-0.05, 0) is 0 Å². The number of nitrogens with zero attached hydrogens (tertiary/aromatic N) is 6. The lowest BCUT2D eigenvalue weighted by atomic mass is 10.1. The summed E-state index contributed by atoms with van der Waals surface area (Å²) in [5, 5.41) is 26.4. The van der Waals surface area contributed by atoms with Crippen LogP contribution in [0.4, 0.5) is 11.5 Å². The summed E-state index contributed by atoms with van der Waals surface area (Å²) in [5.41, 5.74) is 0.536. The average molecular weight is 293 g/mol. The molecule has 9 nitrogen and oxygen atoms in total. The third kappa shape index (κ3) is 3.01. The first-order valence-electron chi connectivity index (χ1n) is 6.69. The van der Waals surface area contributed by atoms with E-state index in [-0.39, 0.29) is 16.5 Å². The van der Waals surface area contributed by atoms with Crippen LogP contribution in [-0.2, 0) is 20.5 Å². The minimum atomic E-state index is -0.382. The SMILES string of the molecule is CC(C)c1nn(C)c(NCCc2nncn2C)c1[N+](=O)[O-]. The summed E-state index contributed by atoms with van der Waals surface area (Å²) in [6, 6.07) is 0. The van der Waals surface area contributed by atoms with Crippen LogP contribution in [0.5, 0.6) is 0 Å². The Balaban J connectivity index is 2.16. The molecule has 2 heterocycles. The Bertz CT molecular complexity index is 644. The number of aromatic nitrogens is 5. The highest BCUT2D eigenvalue weighted by Gasteiger charge is 2.28. The number of hydrogen-bond donors (Lipinski definition) is 1. The maximum Gasteiger partial charge on any atom is 0.334 e. The van der Waals surface area contributed by atoms with E-state index in [9.17, 15) is 10.1 Å². The Hall–Kier alpha value is -2.45. The van der Waals surface area contributed by atoms with Crippen LogP contribution < -0.4 is 5.32 Å². The van der Waals surface area contributed by atoms with Crippen molar-refractivity contribution in [3.63, 3.8) is 0 Å². The van der Waals surface area contributed by atoms with Crippen LogP contribution in [0.25, 0.3) is 0 Å². The predicted molar refractivity (Wildman–Crippen MR) is 77.1 cm³/mol. The largest absolute Gasteiger partial charge is 0.364 e. The fourth-order valence-electron chi connectivity index (χ4n) is 2.13. The molecule has 9 heteroatoms. The van der Waals surface area contributed by atoms with Crippen molar-refractivity contribution >= 4 is 11.5 Å². The smallest absolute Gasteiger partial charge is 0.334 e. The molecule has 1 N–H and O–H groups in total. The highest BCUT2D eigenvalue weighted by molar-refractivity contribution is 5.60. The summed E-state index contributed by atoms with van der Waals surface area (Å²) in [7, 11) is 3.56. The topological polar surface area (TPSA) is 104 Å². The van der Waals surface area contributed by atoms with Gasteiger partial charge in [-0.15, -0.1) is 10.2 Å². The van der Waals surface area contributed by atoms with E-state index >= 15 is 0 Å². The van der Waals surface area contributed by atoms with Gasteiger partial charge < -0.3 is 9.88 Å². The molecule has 0 radical (unpaired) electrons. The lowest BCUT2D eigenvalue weighted by molar-refractivity contribution is -0.384. The lowest BCUT2D eigenvalue weighted by Gasteiger charge is -2.05. The van der Waals surface area contributed by atoms with E-state index in [0.717, 1.165) is 5.82 Å². The summed E-state index contributed by atoms with van der Waals surface area (Å²) < 4.78 is 3.34. The first-order valence-corrected chi connectivity index (χ1v) is 6.69. The fraction of sp³-hybridized carbons (Fsp3) is 0.583. The molecule has 0 aliphatic carbocycles. The third-order valence-corrected chi connectivity index (χ3v) is 3.22. The van der Waals surface area contributed by atoms with E-state index in [4.69, 9.17) is 0 Å². The number of rotatable bonds is 6. The second-order valence-corrected chi connectivity index (χ2v) is 5.15. The van der Waals surface area contributed by atoms with Crippen molar-refractivity contribution in [2.45, 2.75) is 26.2 Å². The van der Waals surface area contributed by atoms with Crippen molar-refractivity contribution in [3.05, 3.63) is 28.0 Å². The number of hydrogen-bond acceptors (Lipinski definition) is 6. The molecular weight excluding hydrogens is 274 g/mol. The average Bonchev–Trinajstić information content (AvgIpc) is 2.95. The van der Waals surface area contributed by atoms with Gasteiger partial charge >= 0.3 is 5.69 Å². The Morgan fingerprint density at radius 2 is 2.14 bits per heavy atom. The second-order valence-electron chi connectivity index (χ2n) is 5.15. The minimum Gasteiger partial charge on any atom is -0.364 e. The molecule has 0 saturated heterocycles. The van der Waals surface area contributed by atoms with Crippen molar-refractivity contribution in [2.24, 2.45) is 14.1 Å².